The summed E-state index contributed by atoms with van der Waals surface area (Å²) in [7, 11) is 0. The van der Waals surface area contributed by atoms with Crippen LogP contribution in [0.5, 0.6) is 0 Å². The SMILES string of the molecule is CC(CCc1cccc(F)c1)C(=O)NCC(N)C1CC1.Cl. The van der Waals surface area contributed by atoms with Crippen molar-refractivity contribution in [3.05, 3.63) is 35.6 Å². The molecule has 1 aliphatic carbocycles. The van der Waals surface area contributed by atoms with E-state index in [2.05, 4.69) is 5.32 Å². The summed E-state index contributed by atoms with van der Waals surface area (Å²) in [6, 6.07) is 6.63. The number of hydrogen-bond acceptors (Lipinski definition) is 2. The van der Waals surface area contributed by atoms with E-state index in [1.165, 1.54) is 25.0 Å². The average Bonchev–Trinajstić information content (AvgIpc) is 3.26. The van der Waals surface area contributed by atoms with Gasteiger partial charge in [0.25, 0.3) is 0 Å². The van der Waals surface area contributed by atoms with E-state index in [1.54, 1.807) is 6.07 Å². The molecule has 1 aromatic carbocycles. The third-order valence-corrected chi connectivity index (χ3v) is 3.94. The van der Waals surface area contributed by atoms with E-state index in [9.17, 15) is 9.18 Å². The van der Waals surface area contributed by atoms with Crippen molar-refractivity contribution >= 4 is 18.3 Å². The Hall–Kier alpha value is -1.13. The maximum absolute atomic E-state index is 13.0. The van der Waals surface area contributed by atoms with Crippen molar-refractivity contribution in [3.63, 3.8) is 0 Å². The van der Waals surface area contributed by atoms with Crippen LogP contribution in [0.4, 0.5) is 4.39 Å². The lowest BCUT2D eigenvalue weighted by atomic mass is 10.00. The molecule has 3 N–H and O–H groups in total. The van der Waals surface area contributed by atoms with Gasteiger partial charge in [-0.05, 0) is 49.3 Å². The Labute approximate surface area is 131 Å². The third kappa shape index (κ3) is 6.02. The Balaban J connectivity index is 0.00000220. The van der Waals surface area contributed by atoms with Crippen molar-refractivity contribution in [2.24, 2.45) is 17.6 Å². The fraction of sp³-hybridized carbons (Fsp3) is 0.562. The maximum Gasteiger partial charge on any atom is 0.222 e. The van der Waals surface area contributed by atoms with Gasteiger partial charge in [-0.2, -0.15) is 0 Å². The van der Waals surface area contributed by atoms with Gasteiger partial charge < -0.3 is 11.1 Å². The molecule has 2 rings (SSSR count). The molecular formula is C16H24ClFN2O. The van der Waals surface area contributed by atoms with Gasteiger partial charge in [-0.15, -0.1) is 12.4 Å². The summed E-state index contributed by atoms with van der Waals surface area (Å²) >= 11 is 0. The predicted octanol–water partition coefficient (Wildman–Crippen LogP) is 2.67. The van der Waals surface area contributed by atoms with E-state index >= 15 is 0 Å². The zero-order valence-corrected chi connectivity index (χ0v) is 13.2. The second-order valence-corrected chi connectivity index (χ2v) is 5.82. The fourth-order valence-electron chi connectivity index (χ4n) is 2.29. The molecule has 118 valence electrons. The lowest BCUT2D eigenvalue weighted by Crippen LogP contribution is -2.40. The molecule has 0 heterocycles. The van der Waals surface area contributed by atoms with Gasteiger partial charge in [0.05, 0.1) is 0 Å². The van der Waals surface area contributed by atoms with Crippen LogP contribution < -0.4 is 11.1 Å². The molecule has 21 heavy (non-hydrogen) atoms. The molecule has 1 aliphatic rings. The van der Waals surface area contributed by atoms with Crippen LogP contribution >= 0.6 is 12.4 Å². The highest BCUT2D eigenvalue weighted by Crippen LogP contribution is 2.31. The van der Waals surface area contributed by atoms with E-state index in [4.69, 9.17) is 5.73 Å². The molecule has 1 fully saturated rings. The molecule has 1 amide bonds. The number of hydrogen-bond donors (Lipinski definition) is 2. The lowest BCUT2D eigenvalue weighted by molar-refractivity contribution is -0.124. The first-order chi connectivity index (χ1) is 9.56. The van der Waals surface area contributed by atoms with Gasteiger partial charge in [-0.3, -0.25) is 4.79 Å². The van der Waals surface area contributed by atoms with E-state index < -0.39 is 0 Å². The monoisotopic (exact) mass is 314 g/mol. The van der Waals surface area contributed by atoms with Crippen molar-refractivity contribution in [1.29, 1.82) is 0 Å². The molecule has 2 atom stereocenters. The molecular weight excluding hydrogens is 291 g/mol. The number of rotatable bonds is 7. The van der Waals surface area contributed by atoms with Crippen LogP contribution in [0.15, 0.2) is 24.3 Å². The van der Waals surface area contributed by atoms with Crippen LogP contribution in [0.3, 0.4) is 0 Å². The number of nitrogens with two attached hydrogens (primary N) is 1. The van der Waals surface area contributed by atoms with E-state index in [1.807, 2.05) is 13.0 Å². The van der Waals surface area contributed by atoms with Crippen LogP contribution in [-0.2, 0) is 11.2 Å². The van der Waals surface area contributed by atoms with Crippen molar-refractivity contribution in [2.75, 3.05) is 6.54 Å². The highest BCUT2D eigenvalue weighted by molar-refractivity contribution is 5.85. The fourth-order valence-corrected chi connectivity index (χ4v) is 2.29. The van der Waals surface area contributed by atoms with Crippen LogP contribution in [0.25, 0.3) is 0 Å². The summed E-state index contributed by atoms with van der Waals surface area (Å²) in [5.41, 5.74) is 6.88. The number of aryl methyl sites for hydroxylation is 1. The van der Waals surface area contributed by atoms with E-state index in [0.717, 1.165) is 5.56 Å². The average molecular weight is 315 g/mol. The van der Waals surface area contributed by atoms with Crippen molar-refractivity contribution in [3.8, 4) is 0 Å². The summed E-state index contributed by atoms with van der Waals surface area (Å²) < 4.78 is 13.0. The first-order valence-corrected chi connectivity index (χ1v) is 7.34. The molecule has 0 spiro atoms. The van der Waals surface area contributed by atoms with Crippen LogP contribution in [-0.4, -0.2) is 18.5 Å². The number of halogens is 2. The number of carbonyl (C=O) groups excluding carboxylic acids is 1. The molecule has 0 aliphatic heterocycles. The van der Waals surface area contributed by atoms with Gasteiger partial charge >= 0.3 is 0 Å². The number of nitrogens with one attached hydrogen (secondary N) is 1. The normalized spacial score (nSPS) is 16.7. The standard InChI is InChI=1S/C16H23FN2O.ClH/c1-11(5-6-12-3-2-4-14(17)9-12)16(20)19-10-15(18)13-7-8-13;/h2-4,9,11,13,15H,5-8,10,18H2,1H3,(H,19,20);1H. The smallest absolute Gasteiger partial charge is 0.222 e. The second-order valence-electron chi connectivity index (χ2n) is 5.82. The van der Waals surface area contributed by atoms with Crippen molar-refractivity contribution in [1.82, 2.24) is 5.32 Å². The lowest BCUT2D eigenvalue weighted by Gasteiger charge is -2.15. The number of amides is 1. The molecule has 0 radical (unpaired) electrons. The number of benzene rings is 1. The van der Waals surface area contributed by atoms with Gasteiger partial charge in [-0.1, -0.05) is 19.1 Å². The molecule has 1 saturated carbocycles. The first kappa shape index (κ1) is 17.9. The second kappa shape index (κ2) is 8.35. The Morgan fingerprint density at radius 3 is 2.81 bits per heavy atom. The number of carbonyl (C=O) groups is 1. The molecule has 5 heteroatoms. The van der Waals surface area contributed by atoms with E-state index in [0.29, 0.717) is 25.3 Å². The summed E-state index contributed by atoms with van der Waals surface area (Å²) in [5.74, 6) is 0.329. The summed E-state index contributed by atoms with van der Waals surface area (Å²) in [6.45, 7) is 2.46. The molecule has 0 aromatic heterocycles. The summed E-state index contributed by atoms with van der Waals surface area (Å²) in [4.78, 5) is 11.9. The van der Waals surface area contributed by atoms with Crippen LogP contribution in [0, 0.1) is 17.7 Å². The summed E-state index contributed by atoms with van der Waals surface area (Å²) in [6.07, 6.45) is 3.80. The highest BCUT2D eigenvalue weighted by atomic mass is 35.5. The Morgan fingerprint density at radius 1 is 1.48 bits per heavy atom. The summed E-state index contributed by atoms with van der Waals surface area (Å²) in [5, 5.41) is 2.91. The molecule has 0 saturated heterocycles. The van der Waals surface area contributed by atoms with Gasteiger partial charge in [0.15, 0.2) is 0 Å². The Morgan fingerprint density at radius 2 is 2.19 bits per heavy atom. The minimum Gasteiger partial charge on any atom is -0.354 e. The largest absolute Gasteiger partial charge is 0.354 e. The molecule has 1 aromatic rings. The van der Waals surface area contributed by atoms with Crippen LogP contribution in [0.1, 0.15) is 31.7 Å². The zero-order valence-electron chi connectivity index (χ0n) is 12.3. The quantitative estimate of drug-likeness (QED) is 0.813. The maximum atomic E-state index is 13.0. The van der Waals surface area contributed by atoms with Crippen LogP contribution in [0.2, 0.25) is 0 Å². The molecule has 3 nitrogen and oxygen atoms in total. The molecule has 2 unspecified atom stereocenters. The van der Waals surface area contributed by atoms with Gasteiger partial charge in [0.2, 0.25) is 5.91 Å². The van der Waals surface area contributed by atoms with E-state index in [-0.39, 0.29) is 36.1 Å². The van der Waals surface area contributed by atoms with Gasteiger partial charge in [0, 0.05) is 18.5 Å². The topological polar surface area (TPSA) is 55.1 Å². The first-order valence-electron chi connectivity index (χ1n) is 7.34. The van der Waals surface area contributed by atoms with Gasteiger partial charge in [0.1, 0.15) is 5.82 Å². The molecule has 0 bridgehead atoms. The highest BCUT2D eigenvalue weighted by Gasteiger charge is 2.28. The Bertz CT molecular complexity index is 465. The third-order valence-electron chi connectivity index (χ3n) is 3.94. The zero-order chi connectivity index (χ0) is 14.5. The van der Waals surface area contributed by atoms with Crippen molar-refractivity contribution in [2.45, 2.75) is 38.6 Å². The minimum atomic E-state index is -0.227. The van der Waals surface area contributed by atoms with Crippen molar-refractivity contribution < 1.29 is 9.18 Å². The predicted molar refractivity (Wildman–Crippen MR) is 84.8 cm³/mol. The Kier molecular flexibility index (Phi) is 7.12. The van der Waals surface area contributed by atoms with Gasteiger partial charge in [-0.25, -0.2) is 4.39 Å². The minimum absolute atomic E-state index is 0.